The van der Waals surface area contributed by atoms with Gasteiger partial charge in [-0.3, -0.25) is 4.72 Å². The fraction of sp³-hybridized carbons (Fsp3) is 0.412. The van der Waals surface area contributed by atoms with Crippen molar-refractivity contribution < 1.29 is 12.8 Å². The SMILES string of the molecule is CN(C)c1nc(N2CCCC2)ncc1NS(=O)(=O)Cc1ccc(F)cc1. The van der Waals surface area contributed by atoms with E-state index in [1.165, 1.54) is 30.5 Å². The molecule has 2 heterocycles. The predicted octanol–water partition coefficient (Wildman–Crippen LogP) is 2.22. The quantitative estimate of drug-likeness (QED) is 0.829. The molecule has 1 saturated heterocycles. The molecule has 7 nitrogen and oxygen atoms in total. The zero-order chi connectivity index (χ0) is 18.7. The van der Waals surface area contributed by atoms with Crippen molar-refractivity contribution in [3.05, 3.63) is 41.8 Å². The van der Waals surface area contributed by atoms with E-state index < -0.39 is 15.8 Å². The van der Waals surface area contributed by atoms with E-state index in [1.807, 2.05) is 0 Å². The van der Waals surface area contributed by atoms with Gasteiger partial charge in [0.05, 0.1) is 11.9 Å². The maximum absolute atomic E-state index is 13.0. The highest BCUT2D eigenvalue weighted by Crippen LogP contribution is 2.26. The van der Waals surface area contributed by atoms with E-state index in [1.54, 1.807) is 19.0 Å². The molecule has 140 valence electrons. The molecule has 0 unspecified atom stereocenters. The van der Waals surface area contributed by atoms with Crippen LogP contribution >= 0.6 is 0 Å². The molecular formula is C17H22FN5O2S. The molecule has 1 fully saturated rings. The predicted molar refractivity (Wildman–Crippen MR) is 100 cm³/mol. The van der Waals surface area contributed by atoms with Gasteiger partial charge < -0.3 is 9.80 Å². The van der Waals surface area contributed by atoms with Crippen LogP contribution in [-0.4, -0.2) is 45.6 Å². The molecule has 0 atom stereocenters. The van der Waals surface area contributed by atoms with E-state index >= 15 is 0 Å². The Balaban J connectivity index is 1.82. The van der Waals surface area contributed by atoms with Crippen LogP contribution < -0.4 is 14.5 Å². The van der Waals surface area contributed by atoms with Gasteiger partial charge in [0.2, 0.25) is 16.0 Å². The molecule has 0 amide bonds. The molecular weight excluding hydrogens is 357 g/mol. The van der Waals surface area contributed by atoms with Crippen molar-refractivity contribution in [1.29, 1.82) is 0 Å². The third-order valence-corrected chi connectivity index (χ3v) is 5.35. The van der Waals surface area contributed by atoms with E-state index in [9.17, 15) is 12.8 Å². The number of hydrogen-bond donors (Lipinski definition) is 1. The fourth-order valence-corrected chi connectivity index (χ4v) is 4.03. The summed E-state index contributed by atoms with van der Waals surface area (Å²) in [5.41, 5.74) is 0.819. The van der Waals surface area contributed by atoms with Crippen molar-refractivity contribution in [3.8, 4) is 0 Å². The van der Waals surface area contributed by atoms with Gasteiger partial charge in [0.25, 0.3) is 0 Å². The number of anilines is 3. The lowest BCUT2D eigenvalue weighted by atomic mass is 10.2. The minimum Gasteiger partial charge on any atom is -0.361 e. The summed E-state index contributed by atoms with van der Waals surface area (Å²) in [6.07, 6.45) is 3.71. The largest absolute Gasteiger partial charge is 0.361 e. The average Bonchev–Trinajstić information content (AvgIpc) is 3.11. The molecule has 2 aromatic rings. The summed E-state index contributed by atoms with van der Waals surface area (Å²) in [6.45, 7) is 1.81. The molecule has 0 saturated carbocycles. The summed E-state index contributed by atoms with van der Waals surface area (Å²) in [6, 6.07) is 5.39. The Labute approximate surface area is 152 Å². The fourth-order valence-electron chi connectivity index (χ4n) is 2.85. The standard InChI is InChI=1S/C17H22FN5O2S/c1-22(2)16-15(11-19-17(20-16)23-9-3-4-10-23)21-26(24,25)12-13-5-7-14(18)8-6-13/h5-8,11,21H,3-4,9-10,12H2,1-2H3. The van der Waals surface area contributed by atoms with Gasteiger partial charge in [0.1, 0.15) is 11.5 Å². The first kappa shape index (κ1) is 18.4. The number of nitrogens with one attached hydrogen (secondary N) is 1. The van der Waals surface area contributed by atoms with Crippen molar-refractivity contribution in [2.24, 2.45) is 0 Å². The van der Waals surface area contributed by atoms with E-state index in [4.69, 9.17) is 0 Å². The van der Waals surface area contributed by atoms with Crippen LogP contribution in [0.4, 0.5) is 21.8 Å². The van der Waals surface area contributed by atoms with Crippen LogP contribution in [0.15, 0.2) is 30.5 Å². The summed E-state index contributed by atoms with van der Waals surface area (Å²) >= 11 is 0. The van der Waals surface area contributed by atoms with Crippen LogP contribution in [0.25, 0.3) is 0 Å². The topological polar surface area (TPSA) is 78.4 Å². The maximum atomic E-state index is 13.0. The van der Waals surface area contributed by atoms with Gasteiger partial charge in [0.15, 0.2) is 5.82 Å². The van der Waals surface area contributed by atoms with Crippen molar-refractivity contribution in [2.75, 3.05) is 41.7 Å². The monoisotopic (exact) mass is 379 g/mol. The second kappa shape index (κ2) is 7.45. The Hall–Kier alpha value is -2.42. The van der Waals surface area contributed by atoms with Crippen LogP contribution in [0, 0.1) is 5.82 Å². The van der Waals surface area contributed by atoms with E-state index in [-0.39, 0.29) is 5.75 Å². The maximum Gasteiger partial charge on any atom is 0.237 e. The first-order valence-corrected chi connectivity index (χ1v) is 10.0. The van der Waals surface area contributed by atoms with Crippen molar-refractivity contribution in [3.63, 3.8) is 0 Å². The molecule has 0 bridgehead atoms. The lowest BCUT2D eigenvalue weighted by molar-refractivity contribution is 0.599. The lowest BCUT2D eigenvalue weighted by Gasteiger charge is -2.21. The van der Waals surface area contributed by atoms with Gasteiger partial charge in [0, 0.05) is 27.2 Å². The first-order valence-electron chi connectivity index (χ1n) is 8.38. The van der Waals surface area contributed by atoms with Gasteiger partial charge in [-0.1, -0.05) is 12.1 Å². The first-order chi connectivity index (χ1) is 12.3. The molecule has 26 heavy (non-hydrogen) atoms. The number of benzene rings is 1. The van der Waals surface area contributed by atoms with Crippen molar-refractivity contribution in [1.82, 2.24) is 9.97 Å². The third kappa shape index (κ3) is 4.40. The van der Waals surface area contributed by atoms with Gasteiger partial charge in [-0.2, -0.15) is 4.98 Å². The number of halogens is 1. The van der Waals surface area contributed by atoms with Crippen LogP contribution in [0.3, 0.4) is 0 Å². The minimum atomic E-state index is -3.68. The van der Waals surface area contributed by atoms with E-state index in [0.29, 0.717) is 23.0 Å². The number of aromatic nitrogens is 2. The number of sulfonamides is 1. The molecule has 1 aromatic carbocycles. The summed E-state index contributed by atoms with van der Waals surface area (Å²) in [4.78, 5) is 12.7. The summed E-state index contributed by atoms with van der Waals surface area (Å²) in [7, 11) is -0.0822. The van der Waals surface area contributed by atoms with Gasteiger partial charge >= 0.3 is 0 Å². The number of hydrogen-bond acceptors (Lipinski definition) is 6. The normalized spacial score (nSPS) is 14.5. The van der Waals surface area contributed by atoms with Crippen LogP contribution in [0.2, 0.25) is 0 Å². The van der Waals surface area contributed by atoms with Crippen LogP contribution in [0.5, 0.6) is 0 Å². The Morgan fingerprint density at radius 1 is 1.19 bits per heavy atom. The van der Waals surface area contributed by atoms with E-state index in [2.05, 4.69) is 19.6 Å². The Morgan fingerprint density at radius 2 is 1.85 bits per heavy atom. The van der Waals surface area contributed by atoms with Gasteiger partial charge in [-0.25, -0.2) is 17.8 Å². The van der Waals surface area contributed by atoms with Crippen molar-refractivity contribution >= 4 is 27.5 Å². The highest BCUT2D eigenvalue weighted by Gasteiger charge is 2.20. The highest BCUT2D eigenvalue weighted by molar-refractivity contribution is 7.91. The smallest absolute Gasteiger partial charge is 0.237 e. The molecule has 1 N–H and O–H groups in total. The summed E-state index contributed by atoms with van der Waals surface area (Å²) in [5, 5.41) is 0. The van der Waals surface area contributed by atoms with Crippen molar-refractivity contribution in [2.45, 2.75) is 18.6 Å². The third-order valence-electron chi connectivity index (χ3n) is 4.10. The minimum absolute atomic E-state index is 0.256. The Kier molecular flexibility index (Phi) is 5.26. The second-order valence-corrected chi connectivity index (χ2v) is 8.21. The van der Waals surface area contributed by atoms with E-state index in [0.717, 1.165) is 25.9 Å². The lowest BCUT2D eigenvalue weighted by Crippen LogP contribution is -2.24. The zero-order valence-corrected chi connectivity index (χ0v) is 15.6. The van der Waals surface area contributed by atoms with Gasteiger partial charge in [-0.15, -0.1) is 0 Å². The van der Waals surface area contributed by atoms with Gasteiger partial charge in [-0.05, 0) is 30.5 Å². The molecule has 9 heteroatoms. The molecule has 0 radical (unpaired) electrons. The highest BCUT2D eigenvalue weighted by atomic mass is 32.2. The Bertz CT molecular complexity index is 865. The van der Waals surface area contributed by atoms with Crippen LogP contribution in [0.1, 0.15) is 18.4 Å². The number of nitrogens with zero attached hydrogens (tertiary/aromatic N) is 4. The molecule has 1 aliphatic heterocycles. The Morgan fingerprint density at radius 3 is 2.46 bits per heavy atom. The summed E-state index contributed by atoms with van der Waals surface area (Å²) < 4.78 is 40.5. The molecule has 3 rings (SSSR count). The van der Waals surface area contributed by atoms with Crippen LogP contribution in [-0.2, 0) is 15.8 Å². The zero-order valence-electron chi connectivity index (χ0n) is 14.8. The second-order valence-electron chi connectivity index (χ2n) is 6.48. The molecule has 1 aliphatic rings. The molecule has 1 aromatic heterocycles. The average molecular weight is 379 g/mol. The summed E-state index contributed by atoms with van der Waals surface area (Å²) in [5.74, 6) is 0.450. The molecule has 0 aliphatic carbocycles. The molecule has 0 spiro atoms. The number of rotatable bonds is 6.